The number of ether oxygens (including phenoxy) is 2. The van der Waals surface area contributed by atoms with Gasteiger partial charge in [-0.05, 0) is 0 Å². The molecule has 0 bridgehead atoms. The van der Waals surface area contributed by atoms with Gasteiger partial charge in [-0.2, -0.15) is 0 Å². The first-order valence-electron chi connectivity index (χ1n) is 2.92. The lowest BCUT2D eigenvalue weighted by atomic mass is 10.1. The minimum Gasteiger partial charge on any atom is -0.388 e. The highest BCUT2D eigenvalue weighted by Gasteiger charge is 2.53. The zero-order chi connectivity index (χ0) is 6.43. The summed E-state index contributed by atoms with van der Waals surface area (Å²) in [6.45, 7) is 0.183. The van der Waals surface area contributed by atoms with Gasteiger partial charge in [-0.3, -0.25) is 0 Å². The van der Waals surface area contributed by atoms with Crippen LogP contribution in [0.25, 0.3) is 0 Å². The Balaban J connectivity index is 2.01. The van der Waals surface area contributed by atoms with Crippen molar-refractivity contribution in [2.24, 2.45) is 0 Å². The van der Waals surface area contributed by atoms with Crippen molar-refractivity contribution in [1.82, 2.24) is 0 Å². The van der Waals surface area contributed by atoms with Crippen molar-refractivity contribution in [2.45, 2.75) is 24.6 Å². The van der Waals surface area contributed by atoms with Crippen molar-refractivity contribution < 1.29 is 19.7 Å². The number of aliphatic hydroxyl groups excluding tert-OH is 2. The van der Waals surface area contributed by atoms with Crippen LogP contribution in [0.2, 0.25) is 0 Å². The fourth-order valence-electron chi connectivity index (χ4n) is 1.06. The maximum absolute atomic E-state index is 8.98. The Morgan fingerprint density at radius 3 is 2.67 bits per heavy atom. The molecule has 9 heavy (non-hydrogen) atoms. The average molecular weight is 132 g/mol. The molecule has 0 aromatic rings. The Bertz CT molecular complexity index is 112. The summed E-state index contributed by atoms with van der Waals surface area (Å²) in [4.78, 5) is 0. The molecule has 0 unspecified atom stereocenters. The van der Waals surface area contributed by atoms with Gasteiger partial charge in [0.25, 0.3) is 0 Å². The molecule has 0 aliphatic carbocycles. The van der Waals surface area contributed by atoms with E-state index in [1.807, 2.05) is 0 Å². The largest absolute Gasteiger partial charge is 0.388 e. The fourth-order valence-corrected chi connectivity index (χ4v) is 1.06. The van der Waals surface area contributed by atoms with Crippen LogP contribution in [-0.4, -0.2) is 41.4 Å². The molecule has 0 radical (unpaired) electrons. The fraction of sp³-hybridized carbons (Fsp3) is 1.00. The zero-order valence-corrected chi connectivity index (χ0v) is 4.73. The van der Waals surface area contributed by atoms with E-state index in [1.165, 1.54) is 0 Å². The van der Waals surface area contributed by atoms with Gasteiger partial charge in [-0.25, -0.2) is 0 Å². The summed E-state index contributed by atoms with van der Waals surface area (Å²) < 4.78 is 9.60. The van der Waals surface area contributed by atoms with E-state index in [0.29, 0.717) is 0 Å². The lowest BCUT2D eigenvalue weighted by Gasteiger charge is -2.17. The molecule has 0 aromatic carbocycles. The molecule has 2 rings (SSSR count). The lowest BCUT2D eigenvalue weighted by molar-refractivity contribution is -0.142. The van der Waals surface area contributed by atoms with Gasteiger partial charge in [-0.1, -0.05) is 0 Å². The average Bonchev–Trinajstić information content (AvgIpc) is 2.57. The molecule has 2 saturated heterocycles. The summed E-state index contributed by atoms with van der Waals surface area (Å²) >= 11 is 0. The van der Waals surface area contributed by atoms with Crippen LogP contribution >= 0.6 is 0 Å². The van der Waals surface area contributed by atoms with E-state index in [4.69, 9.17) is 19.7 Å². The van der Waals surface area contributed by atoms with Crippen molar-refractivity contribution >= 4 is 0 Å². The van der Waals surface area contributed by atoms with Crippen molar-refractivity contribution in [1.29, 1.82) is 0 Å². The summed E-state index contributed by atoms with van der Waals surface area (Å²) in [7, 11) is 0. The van der Waals surface area contributed by atoms with Gasteiger partial charge < -0.3 is 19.7 Å². The number of rotatable bonds is 0. The van der Waals surface area contributed by atoms with Crippen LogP contribution in [0.3, 0.4) is 0 Å². The number of hydrogen-bond donors (Lipinski definition) is 2. The van der Waals surface area contributed by atoms with Crippen molar-refractivity contribution in [2.75, 3.05) is 6.61 Å². The van der Waals surface area contributed by atoms with Crippen LogP contribution < -0.4 is 0 Å². The zero-order valence-electron chi connectivity index (χ0n) is 4.73. The van der Waals surface area contributed by atoms with Crippen molar-refractivity contribution in [3.05, 3.63) is 0 Å². The minimum absolute atomic E-state index is 0.172. The third kappa shape index (κ3) is 0.753. The summed E-state index contributed by atoms with van der Waals surface area (Å²) in [6, 6.07) is 0. The third-order valence-electron chi connectivity index (χ3n) is 1.66. The summed E-state index contributed by atoms with van der Waals surface area (Å²) in [5.74, 6) is 0. The smallest absolute Gasteiger partial charge is 0.183 e. The number of hydrogen-bond acceptors (Lipinski definition) is 4. The van der Waals surface area contributed by atoms with Crippen LogP contribution in [0.1, 0.15) is 0 Å². The Kier molecular flexibility index (Phi) is 1.04. The number of aliphatic hydroxyl groups is 2. The molecular weight excluding hydrogens is 124 g/mol. The standard InChI is InChI=1S/C5H8O4/c6-2-1-8-5(7)4-3(2)9-4/h2-7H,1H2/t2-,3+,4-,5+/m1/s1. The Hall–Kier alpha value is -0.160. The topological polar surface area (TPSA) is 62.2 Å². The number of fused-ring (bicyclic) bond motifs is 1. The molecule has 2 aliphatic rings. The Morgan fingerprint density at radius 2 is 2.00 bits per heavy atom. The molecule has 0 amide bonds. The predicted molar refractivity (Wildman–Crippen MR) is 26.6 cm³/mol. The maximum atomic E-state index is 8.98. The van der Waals surface area contributed by atoms with Crippen LogP contribution in [0.4, 0.5) is 0 Å². The number of epoxide rings is 1. The molecule has 4 heteroatoms. The van der Waals surface area contributed by atoms with E-state index in [1.54, 1.807) is 0 Å². The van der Waals surface area contributed by atoms with Crippen LogP contribution in [0.5, 0.6) is 0 Å². The SMILES string of the molecule is O[C@@H]1CO[C@H](O)[C@@H]2O[C@H]21. The third-order valence-corrected chi connectivity index (χ3v) is 1.66. The Morgan fingerprint density at radius 1 is 1.22 bits per heavy atom. The van der Waals surface area contributed by atoms with Gasteiger partial charge in [0.15, 0.2) is 6.29 Å². The molecule has 2 N–H and O–H groups in total. The molecule has 0 spiro atoms. The van der Waals surface area contributed by atoms with Crippen LogP contribution in [-0.2, 0) is 9.47 Å². The molecule has 4 atom stereocenters. The first-order valence-corrected chi connectivity index (χ1v) is 2.92. The van der Waals surface area contributed by atoms with Gasteiger partial charge in [-0.15, -0.1) is 0 Å². The quantitative estimate of drug-likeness (QED) is 0.392. The molecule has 2 heterocycles. The second-order valence-electron chi connectivity index (χ2n) is 2.36. The van der Waals surface area contributed by atoms with E-state index >= 15 is 0 Å². The van der Waals surface area contributed by atoms with E-state index < -0.39 is 12.4 Å². The minimum atomic E-state index is -0.821. The lowest BCUT2D eigenvalue weighted by Crippen LogP contribution is -2.36. The summed E-state index contributed by atoms with van der Waals surface area (Å²) in [5.41, 5.74) is 0. The maximum Gasteiger partial charge on any atom is 0.183 e. The molecular formula is C5H8O4. The van der Waals surface area contributed by atoms with E-state index in [9.17, 15) is 0 Å². The summed E-state index contributed by atoms with van der Waals surface area (Å²) in [6.07, 6.45) is -1.81. The van der Waals surface area contributed by atoms with Crippen LogP contribution in [0.15, 0.2) is 0 Å². The predicted octanol–water partition coefficient (Wildman–Crippen LogP) is -1.54. The van der Waals surface area contributed by atoms with E-state index in [0.717, 1.165) is 0 Å². The van der Waals surface area contributed by atoms with E-state index in [2.05, 4.69) is 0 Å². The van der Waals surface area contributed by atoms with Gasteiger partial charge >= 0.3 is 0 Å². The first-order chi connectivity index (χ1) is 4.29. The molecule has 52 valence electrons. The van der Waals surface area contributed by atoms with Crippen LogP contribution in [0, 0.1) is 0 Å². The molecule has 2 aliphatic heterocycles. The molecule has 4 nitrogen and oxygen atoms in total. The Labute approximate surface area is 52.0 Å². The van der Waals surface area contributed by atoms with Gasteiger partial charge in [0.1, 0.15) is 18.3 Å². The second-order valence-corrected chi connectivity index (χ2v) is 2.36. The summed E-state index contributed by atoms with van der Waals surface area (Å²) in [5, 5.41) is 17.9. The van der Waals surface area contributed by atoms with Crippen molar-refractivity contribution in [3.8, 4) is 0 Å². The van der Waals surface area contributed by atoms with Crippen molar-refractivity contribution in [3.63, 3.8) is 0 Å². The monoisotopic (exact) mass is 132 g/mol. The van der Waals surface area contributed by atoms with Gasteiger partial charge in [0.2, 0.25) is 0 Å². The van der Waals surface area contributed by atoms with Gasteiger partial charge in [0, 0.05) is 0 Å². The van der Waals surface area contributed by atoms with E-state index in [-0.39, 0.29) is 18.8 Å². The second kappa shape index (κ2) is 1.67. The van der Waals surface area contributed by atoms with Gasteiger partial charge in [0.05, 0.1) is 6.61 Å². The highest BCUT2D eigenvalue weighted by Crippen LogP contribution is 2.32. The molecule has 0 aromatic heterocycles. The first kappa shape index (κ1) is 5.61. The molecule has 2 fully saturated rings. The normalized spacial score (nSPS) is 56.7. The highest BCUT2D eigenvalue weighted by molar-refractivity contribution is 4.95. The highest BCUT2D eigenvalue weighted by atomic mass is 16.7. The molecule has 0 saturated carbocycles.